The molecule has 0 radical (unpaired) electrons. The van der Waals surface area contributed by atoms with Gasteiger partial charge in [0, 0.05) is 30.8 Å². The zero-order valence-electron chi connectivity index (χ0n) is 23.1. The maximum Gasteiger partial charge on any atom is 0.321 e. The Morgan fingerprint density at radius 3 is 2.50 bits per heavy atom. The fourth-order valence-corrected chi connectivity index (χ4v) is 5.04. The molecule has 9 nitrogen and oxygen atoms in total. The normalized spacial score (nSPS) is 19.6. The standard InChI is InChI=1S/C31H36N4O5/c1-19-16-35(20(2)18-36)30(38)24-11-7-13-26(32-29(37)22-14-15-22)28(24)40-27(19)17-34(3)31(39)33-25-12-6-9-21-8-4-5-10-23(21)25/h4-13,19-20,22,27,36H,14-18H2,1-3H3,(H,32,37)(H,33,39)/t19-,20+,27+/m1/s1. The van der Waals surface area contributed by atoms with Crippen molar-refractivity contribution in [2.75, 3.05) is 37.4 Å². The molecule has 0 unspecified atom stereocenters. The van der Waals surface area contributed by atoms with Crippen LogP contribution in [-0.2, 0) is 4.79 Å². The Bertz CT molecular complexity index is 1420. The molecule has 3 atom stereocenters. The summed E-state index contributed by atoms with van der Waals surface area (Å²) in [6.45, 7) is 4.14. The van der Waals surface area contributed by atoms with Gasteiger partial charge < -0.3 is 30.3 Å². The molecular weight excluding hydrogens is 508 g/mol. The average molecular weight is 545 g/mol. The molecule has 1 fully saturated rings. The molecule has 4 amide bonds. The number of carbonyl (C=O) groups excluding carboxylic acids is 3. The Morgan fingerprint density at radius 1 is 1.05 bits per heavy atom. The summed E-state index contributed by atoms with van der Waals surface area (Å²) in [5.74, 6) is -0.290. The first-order valence-electron chi connectivity index (χ1n) is 13.8. The van der Waals surface area contributed by atoms with Crippen LogP contribution in [0.2, 0.25) is 0 Å². The van der Waals surface area contributed by atoms with E-state index in [1.807, 2.05) is 49.4 Å². The maximum absolute atomic E-state index is 13.6. The lowest BCUT2D eigenvalue weighted by Gasteiger charge is -2.38. The second-order valence-electron chi connectivity index (χ2n) is 10.9. The minimum atomic E-state index is -0.498. The molecule has 3 N–H and O–H groups in total. The lowest BCUT2D eigenvalue weighted by atomic mass is 9.99. The summed E-state index contributed by atoms with van der Waals surface area (Å²) in [7, 11) is 1.70. The Balaban J connectivity index is 1.42. The number of aliphatic hydroxyl groups is 1. The molecule has 1 aliphatic carbocycles. The lowest BCUT2D eigenvalue weighted by Crippen LogP contribution is -2.50. The molecule has 0 saturated heterocycles. The van der Waals surface area contributed by atoms with Gasteiger partial charge in [-0.1, -0.05) is 49.4 Å². The molecule has 0 bridgehead atoms. The third kappa shape index (κ3) is 5.74. The van der Waals surface area contributed by atoms with Crippen LogP contribution in [0.5, 0.6) is 5.75 Å². The minimum absolute atomic E-state index is 0.0235. The van der Waals surface area contributed by atoms with Crippen molar-refractivity contribution in [3.05, 3.63) is 66.2 Å². The van der Waals surface area contributed by atoms with Gasteiger partial charge in [-0.15, -0.1) is 0 Å². The number of anilines is 2. The molecule has 3 aromatic rings. The number of benzene rings is 3. The number of fused-ring (bicyclic) bond motifs is 2. The van der Waals surface area contributed by atoms with Crippen LogP contribution in [0.4, 0.5) is 16.2 Å². The molecule has 210 valence electrons. The van der Waals surface area contributed by atoms with Crippen LogP contribution in [0.25, 0.3) is 10.8 Å². The van der Waals surface area contributed by atoms with Gasteiger partial charge in [0.15, 0.2) is 5.75 Å². The van der Waals surface area contributed by atoms with Crippen molar-refractivity contribution in [3.8, 4) is 5.75 Å². The van der Waals surface area contributed by atoms with Crippen LogP contribution in [0.15, 0.2) is 60.7 Å². The number of amides is 4. The third-order valence-electron chi connectivity index (χ3n) is 7.73. The van der Waals surface area contributed by atoms with Gasteiger partial charge in [-0.05, 0) is 43.4 Å². The van der Waals surface area contributed by atoms with Gasteiger partial charge in [-0.3, -0.25) is 9.59 Å². The topological polar surface area (TPSA) is 111 Å². The summed E-state index contributed by atoms with van der Waals surface area (Å²) < 4.78 is 6.51. The lowest BCUT2D eigenvalue weighted by molar-refractivity contribution is -0.117. The van der Waals surface area contributed by atoms with E-state index in [9.17, 15) is 19.5 Å². The molecule has 3 aromatic carbocycles. The summed E-state index contributed by atoms with van der Waals surface area (Å²) in [6, 6.07) is 18.0. The minimum Gasteiger partial charge on any atom is -0.485 e. The van der Waals surface area contributed by atoms with E-state index < -0.39 is 12.1 Å². The molecule has 0 aromatic heterocycles. The first-order chi connectivity index (χ1) is 19.3. The number of carbonyl (C=O) groups is 3. The summed E-state index contributed by atoms with van der Waals surface area (Å²) in [4.78, 5) is 42.8. The van der Waals surface area contributed by atoms with Crippen molar-refractivity contribution in [2.45, 2.75) is 38.8 Å². The van der Waals surface area contributed by atoms with Crippen LogP contribution in [0, 0.1) is 11.8 Å². The van der Waals surface area contributed by atoms with E-state index in [1.165, 1.54) is 0 Å². The van der Waals surface area contributed by atoms with Crippen molar-refractivity contribution in [2.24, 2.45) is 11.8 Å². The van der Waals surface area contributed by atoms with E-state index in [0.717, 1.165) is 23.6 Å². The van der Waals surface area contributed by atoms with E-state index in [-0.39, 0.29) is 48.6 Å². The second kappa shape index (κ2) is 11.6. The molecule has 5 rings (SSSR count). The largest absolute Gasteiger partial charge is 0.485 e. The van der Waals surface area contributed by atoms with Gasteiger partial charge in [0.25, 0.3) is 5.91 Å². The van der Waals surface area contributed by atoms with Crippen LogP contribution in [-0.4, -0.2) is 71.6 Å². The number of ether oxygens (including phenoxy) is 1. The Kier molecular flexibility index (Phi) is 7.93. The highest BCUT2D eigenvalue weighted by Crippen LogP contribution is 2.37. The van der Waals surface area contributed by atoms with Gasteiger partial charge in [-0.25, -0.2) is 4.79 Å². The number of hydrogen-bond donors (Lipinski definition) is 3. The SMILES string of the molecule is C[C@@H]1CN([C@@H](C)CO)C(=O)c2cccc(NC(=O)C3CC3)c2O[C@H]1CN(C)C(=O)Nc1cccc2ccccc12. The molecular formula is C31H36N4O5. The third-order valence-corrected chi connectivity index (χ3v) is 7.73. The maximum atomic E-state index is 13.6. The van der Waals surface area contributed by atoms with Crippen molar-refractivity contribution in [1.82, 2.24) is 9.80 Å². The molecule has 2 aliphatic rings. The van der Waals surface area contributed by atoms with E-state index in [4.69, 9.17) is 4.74 Å². The van der Waals surface area contributed by atoms with Crippen molar-refractivity contribution in [1.29, 1.82) is 0 Å². The number of para-hydroxylation sites is 1. The number of rotatable bonds is 7. The Hall–Kier alpha value is -4.11. The molecule has 9 heteroatoms. The van der Waals surface area contributed by atoms with Gasteiger partial charge in [-0.2, -0.15) is 0 Å². The first kappa shape index (κ1) is 27.5. The second-order valence-corrected chi connectivity index (χ2v) is 10.9. The van der Waals surface area contributed by atoms with Gasteiger partial charge in [0.2, 0.25) is 5.91 Å². The highest BCUT2D eigenvalue weighted by molar-refractivity contribution is 6.03. The van der Waals surface area contributed by atoms with E-state index in [2.05, 4.69) is 10.6 Å². The van der Waals surface area contributed by atoms with E-state index in [1.54, 1.807) is 42.0 Å². The molecule has 1 aliphatic heterocycles. The average Bonchev–Trinajstić information content (AvgIpc) is 3.81. The number of aliphatic hydroxyl groups excluding tert-OH is 1. The fraction of sp³-hybridized carbons (Fsp3) is 0.387. The van der Waals surface area contributed by atoms with Crippen molar-refractivity contribution in [3.63, 3.8) is 0 Å². The molecule has 0 spiro atoms. The molecule has 40 heavy (non-hydrogen) atoms. The van der Waals surface area contributed by atoms with Crippen LogP contribution < -0.4 is 15.4 Å². The van der Waals surface area contributed by atoms with Crippen LogP contribution in [0.3, 0.4) is 0 Å². The Labute approximate surface area is 234 Å². The molecule has 1 saturated carbocycles. The van der Waals surface area contributed by atoms with Gasteiger partial charge in [0.1, 0.15) is 6.10 Å². The highest BCUT2D eigenvalue weighted by Gasteiger charge is 2.36. The number of nitrogens with zero attached hydrogens (tertiary/aromatic N) is 2. The quantitative estimate of drug-likeness (QED) is 0.404. The monoisotopic (exact) mass is 544 g/mol. The fourth-order valence-electron chi connectivity index (χ4n) is 5.04. The predicted molar refractivity (Wildman–Crippen MR) is 155 cm³/mol. The van der Waals surface area contributed by atoms with E-state index in [0.29, 0.717) is 23.5 Å². The Morgan fingerprint density at radius 2 is 1.75 bits per heavy atom. The number of nitrogens with one attached hydrogen (secondary N) is 2. The molecule has 1 heterocycles. The summed E-state index contributed by atoms with van der Waals surface area (Å²) in [5.41, 5.74) is 1.46. The summed E-state index contributed by atoms with van der Waals surface area (Å²) in [5, 5.41) is 17.8. The summed E-state index contributed by atoms with van der Waals surface area (Å²) in [6.07, 6.45) is 1.19. The smallest absolute Gasteiger partial charge is 0.321 e. The number of hydrogen-bond acceptors (Lipinski definition) is 5. The van der Waals surface area contributed by atoms with Crippen LogP contribution >= 0.6 is 0 Å². The van der Waals surface area contributed by atoms with Crippen molar-refractivity contribution >= 4 is 40.0 Å². The zero-order chi connectivity index (χ0) is 28.4. The van der Waals surface area contributed by atoms with Gasteiger partial charge in [0.05, 0.1) is 36.1 Å². The van der Waals surface area contributed by atoms with Crippen LogP contribution in [0.1, 0.15) is 37.0 Å². The van der Waals surface area contributed by atoms with Gasteiger partial charge >= 0.3 is 6.03 Å². The summed E-state index contributed by atoms with van der Waals surface area (Å²) >= 11 is 0. The number of likely N-dealkylation sites (N-methyl/N-ethyl adjacent to an activating group) is 1. The first-order valence-corrected chi connectivity index (χ1v) is 13.8. The highest BCUT2D eigenvalue weighted by atomic mass is 16.5. The predicted octanol–water partition coefficient (Wildman–Crippen LogP) is 4.57. The van der Waals surface area contributed by atoms with Crippen molar-refractivity contribution < 1.29 is 24.2 Å². The zero-order valence-corrected chi connectivity index (χ0v) is 23.1. The van der Waals surface area contributed by atoms with E-state index >= 15 is 0 Å². The number of urea groups is 1.